The smallest absolute Gasteiger partial charge is 0.270 e. The molecule has 0 aliphatic carbocycles. The van der Waals surface area contributed by atoms with Gasteiger partial charge in [-0.1, -0.05) is 19.1 Å². The van der Waals surface area contributed by atoms with Gasteiger partial charge in [0.1, 0.15) is 0 Å². The normalized spacial score (nSPS) is 20.2. The highest BCUT2D eigenvalue weighted by molar-refractivity contribution is 7.99. The fourth-order valence-corrected chi connectivity index (χ4v) is 3.20. The van der Waals surface area contributed by atoms with Crippen LogP contribution in [0.5, 0.6) is 0 Å². The lowest BCUT2D eigenvalue weighted by Gasteiger charge is -2.29. The van der Waals surface area contributed by atoms with Crippen molar-refractivity contribution in [2.45, 2.75) is 12.2 Å². The van der Waals surface area contributed by atoms with E-state index < -0.39 is 4.92 Å². The second-order valence-electron chi connectivity index (χ2n) is 4.65. The average molecular weight is 280 g/mol. The Balaban J connectivity index is 2.03. The lowest BCUT2D eigenvalue weighted by atomic mass is 10.1. The summed E-state index contributed by atoms with van der Waals surface area (Å²) in [5.74, 6) is 0.978. The number of nitrogens with zero attached hydrogens (tertiary/aromatic N) is 2. The Morgan fingerprint density at radius 1 is 1.58 bits per heavy atom. The zero-order valence-electron chi connectivity index (χ0n) is 10.7. The topological polar surface area (TPSA) is 63.5 Å². The molecular formula is C13H16N2O3S. The Kier molecular flexibility index (Phi) is 4.55. The van der Waals surface area contributed by atoms with Crippen LogP contribution in [0, 0.1) is 10.1 Å². The van der Waals surface area contributed by atoms with E-state index in [1.165, 1.54) is 12.1 Å². The molecule has 19 heavy (non-hydrogen) atoms. The summed E-state index contributed by atoms with van der Waals surface area (Å²) in [6, 6.07) is 5.94. The van der Waals surface area contributed by atoms with E-state index in [-0.39, 0.29) is 11.5 Å². The molecule has 102 valence electrons. The molecule has 1 saturated heterocycles. The van der Waals surface area contributed by atoms with Crippen molar-refractivity contribution >= 4 is 23.2 Å². The first-order chi connectivity index (χ1) is 9.06. The lowest BCUT2D eigenvalue weighted by molar-refractivity contribution is -0.384. The highest BCUT2D eigenvalue weighted by Gasteiger charge is 2.20. The lowest BCUT2D eigenvalue weighted by Crippen LogP contribution is -2.39. The molecule has 0 aromatic heterocycles. The summed E-state index contributed by atoms with van der Waals surface area (Å²) in [6.45, 7) is 4.28. The zero-order chi connectivity index (χ0) is 13.8. The van der Waals surface area contributed by atoms with Gasteiger partial charge in [-0.05, 0) is 0 Å². The van der Waals surface area contributed by atoms with Crippen molar-refractivity contribution in [2.24, 2.45) is 0 Å². The second-order valence-corrected chi connectivity index (χ2v) is 6.19. The van der Waals surface area contributed by atoms with Crippen molar-refractivity contribution < 1.29 is 9.72 Å². The summed E-state index contributed by atoms with van der Waals surface area (Å²) >= 11 is 1.91. The van der Waals surface area contributed by atoms with E-state index in [1.807, 2.05) is 11.8 Å². The molecule has 1 atom stereocenters. The van der Waals surface area contributed by atoms with Gasteiger partial charge >= 0.3 is 0 Å². The molecule has 6 heteroatoms. The Morgan fingerprint density at radius 2 is 2.37 bits per heavy atom. The quantitative estimate of drug-likeness (QED) is 0.481. The number of hydrogen-bond acceptors (Lipinski definition) is 5. The molecule has 0 radical (unpaired) electrons. The van der Waals surface area contributed by atoms with Gasteiger partial charge in [0.05, 0.1) is 11.5 Å². The summed E-state index contributed by atoms with van der Waals surface area (Å²) in [5.41, 5.74) is 0.383. The maximum atomic E-state index is 12.1. The first-order valence-corrected chi connectivity index (χ1v) is 7.23. The van der Waals surface area contributed by atoms with Crippen molar-refractivity contribution in [3.63, 3.8) is 0 Å². The van der Waals surface area contributed by atoms with Gasteiger partial charge in [-0.15, -0.1) is 0 Å². The Bertz CT molecular complexity index is 493. The fourth-order valence-electron chi connectivity index (χ4n) is 2.12. The minimum atomic E-state index is -0.476. The van der Waals surface area contributed by atoms with Gasteiger partial charge in [0, 0.05) is 41.8 Å². The van der Waals surface area contributed by atoms with E-state index in [0.717, 1.165) is 18.8 Å². The van der Waals surface area contributed by atoms with E-state index in [1.54, 1.807) is 12.1 Å². The molecule has 0 spiro atoms. The summed E-state index contributed by atoms with van der Waals surface area (Å²) in [6.07, 6.45) is 0. The van der Waals surface area contributed by atoms with E-state index >= 15 is 0 Å². The van der Waals surface area contributed by atoms with Crippen LogP contribution in [0.25, 0.3) is 0 Å². The highest BCUT2D eigenvalue weighted by Crippen LogP contribution is 2.19. The predicted molar refractivity (Wildman–Crippen MR) is 75.8 cm³/mol. The molecule has 1 aromatic rings. The molecule has 1 fully saturated rings. The van der Waals surface area contributed by atoms with Crippen molar-refractivity contribution in [1.29, 1.82) is 0 Å². The first kappa shape index (κ1) is 14.0. The molecule has 1 aliphatic rings. The maximum absolute atomic E-state index is 12.1. The number of hydrogen-bond donors (Lipinski definition) is 0. The molecule has 1 unspecified atom stereocenters. The van der Waals surface area contributed by atoms with E-state index in [4.69, 9.17) is 0 Å². The third-order valence-electron chi connectivity index (χ3n) is 3.07. The summed E-state index contributed by atoms with van der Waals surface area (Å²) in [5, 5.41) is 11.2. The molecular weight excluding hydrogens is 264 g/mol. The predicted octanol–water partition coefficient (Wildman–Crippen LogP) is 2.21. The number of ketones is 1. The Hall–Kier alpha value is -1.40. The van der Waals surface area contributed by atoms with Gasteiger partial charge in [0.15, 0.2) is 5.78 Å². The van der Waals surface area contributed by atoms with Crippen molar-refractivity contribution in [3.05, 3.63) is 39.9 Å². The average Bonchev–Trinajstić information content (AvgIpc) is 2.39. The third kappa shape index (κ3) is 3.78. The molecule has 5 nitrogen and oxygen atoms in total. The molecule has 1 aromatic carbocycles. The number of benzene rings is 1. The summed E-state index contributed by atoms with van der Waals surface area (Å²) in [4.78, 5) is 24.5. The monoisotopic (exact) mass is 280 g/mol. The first-order valence-electron chi connectivity index (χ1n) is 6.18. The van der Waals surface area contributed by atoms with Crippen molar-refractivity contribution in [3.8, 4) is 0 Å². The fraction of sp³-hybridized carbons (Fsp3) is 0.462. The minimum absolute atomic E-state index is 0.0339. The molecule has 1 heterocycles. The number of thioether (sulfide) groups is 1. The van der Waals surface area contributed by atoms with Crippen LogP contribution in [0.1, 0.15) is 17.3 Å². The number of non-ortho nitro benzene ring substituents is 1. The van der Waals surface area contributed by atoms with Gasteiger partial charge in [-0.2, -0.15) is 11.8 Å². The Morgan fingerprint density at radius 3 is 3.05 bits per heavy atom. The molecule has 0 N–H and O–H groups in total. The van der Waals surface area contributed by atoms with Crippen LogP contribution in [0.2, 0.25) is 0 Å². The van der Waals surface area contributed by atoms with Gasteiger partial charge in [0.25, 0.3) is 5.69 Å². The highest BCUT2D eigenvalue weighted by atomic mass is 32.2. The van der Waals surface area contributed by atoms with Gasteiger partial charge in [-0.25, -0.2) is 0 Å². The van der Waals surface area contributed by atoms with Crippen LogP contribution in [-0.2, 0) is 0 Å². The summed E-state index contributed by atoms with van der Waals surface area (Å²) in [7, 11) is 0. The van der Waals surface area contributed by atoms with Crippen molar-refractivity contribution in [1.82, 2.24) is 4.90 Å². The number of carbonyl (C=O) groups excluding carboxylic acids is 1. The van der Waals surface area contributed by atoms with Crippen LogP contribution in [0.15, 0.2) is 24.3 Å². The number of Topliss-reactive ketones (excluding diaryl/α,β-unsaturated/α-hetero) is 1. The molecule has 1 aliphatic heterocycles. The molecule has 2 rings (SSSR count). The second kappa shape index (κ2) is 6.16. The number of carbonyl (C=O) groups is 1. The van der Waals surface area contributed by atoms with Gasteiger partial charge in [-0.3, -0.25) is 19.8 Å². The van der Waals surface area contributed by atoms with Crippen LogP contribution >= 0.6 is 11.8 Å². The molecule has 0 amide bonds. The van der Waals surface area contributed by atoms with E-state index in [2.05, 4.69) is 11.8 Å². The largest absolute Gasteiger partial charge is 0.294 e. The maximum Gasteiger partial charge on any atom is 0.270 e. The zero-order valence-corrected chi connectivity index (χ0v) is 11.6. The van der Waals surface area contributed by atoms with E-state index in [9.17, 15) is 14.9 Å². The molecule has 0 bridgehead atoms. The Labute approximate surface area is 116 Å². The molecule has 0 saturated carbocycles. The standard InChI is InChI=1S/C13H16N2O3S/c1-10-8-14(5-6-19-10)9-13(16)11-3-2-4-12(7-11)15(17)18/h2-4,7,10H,5-6,8-9H2,1H3. The number of nitro groups is 1. The van der Waals surface area contributed by atoms with Crippen LogP contribution in [0.3, 0.4) is 0 Å². The van der Waals surface area contributed by atoms with Crippen LogP contribution in [-0.4, -0.2) is 46.2 Å². The van der Waals surface area contributed by atoms with E-state index in [0.29, 0.717) is 17.4 Å². The minimum Gasteiger partial charge on any atom is -0.294 e. The van der Waals surface area contributed by atoms with Crippen LogP contribution in [0.4, 0.5) is 5.69 Å². The third-order valence-corrected chi connectivity index (χ3v) is 4.21. The number of nitro benzene ring substituents is 1. The van der Waals surface area contributed by atoms with Gasteiger partial charge < -0.3 is 0 Å². The SMILES string of the molecule is CC1CN(CC(=O)c2cccc([N+](=O)[O-])c2)CCS1. The van der Waals surface area contributed by atoms with Crippen molar-refractivity contribution in [2.75, 3.05) is 25.4 Å². The summed E-state index contributed by atoms with van der Waals surface area (Å²) < 4.78 is 0. The van der Waals surface area contributed by atoms with Gasteiger partial charge in [0.2, 0.25) is 0 Å². The van der Waals surface area contributed by atoms with Crippen LogP contribution < -0.4 is 0 Å². The number of rotatable bonds is 4.